The first-order chi connectivity index (χ1) is 14.6. The van der Waals surface area contributed by atoms with Gasteiger partial charge in [0.1, 0.15) is 11.4 Å². The Hall–Kier alpha value is -3.19. The zero-order valence-electron chi connectivity index (χ0n) is 17.3. The minimum atomic E-state index is 0.0680. The molecule has 0 N–H and O–H groups in total. The highest BCUT2D eigenvalue weighted by molar-refractivity contribution is 6.00. The van der Waals surface area contributed by atoms with Gasteiger partial charge in [0.05, 0.1) is 12.6 Å². The van der Waals surface area contributed by atoms with E-state index < -0.39 is 0 Å². The molecule has 1 saturated heterocycles. The molecule has 0 unspecified atom stereocenters. The Balaban J connectivity index is 1.26. The molecule has 3 heterocycles. The maximum atomic E-state index is 13.2. The summed E-state index contributed by atoms with van der Waals surface area (Å²) in [7, 11) is 3.59. The van der Waals surface area contributed by atoms with Crippen molar-refractivity contribution in [2.75, 3.05) is 40.1 Å². The van der Waals surface area contributed by atoms with Crippen molar-refractivity contribution in [3.63, 3.8) is 0 Å². The fraction of sp³-hybridized carbons (Fsp3) is 0.348. The van der Waals surface area contributed by atoms with Gasteiger partial charge in [-0.05, 0) is 35.9 Å². The molecule has 7 nitrogen and oxygen atoms in total. The SMILES string of the molecule is COc1cccc2c1cc(C(=O)N1CCN(Cc3ccc4c(c3)OCO4)CC1)n2C. The van der Waals surface area contributed by atoms with Crippen LogP contribution in [0.4, 0.5) is 0 Å². The van der Waals surface area contributed by atoms with Crippen LogP contribution in [-0.4, -0.2) is 60.4 Å². The molecule has 1 aromatic heterocycles. The van der Waals surface area contributed by atoms with Gasteiger partial charge in [0.25, 0.3) is 5.91 Å². The average Bonchev–Trinajstić information content (AvgIpc) is 3.38. The number of piperazine rings is 1. The number of carbonyl (C=O) groups is 1. The first-order valence-corrected chi connectivity index (χ1v) is 10.2. The Morgan fingerprint density at radius 1 is 1.03 bits per heavy atom. The maximum absolute atomic E-state index is 13.2. The topological polar surface area (TPSA) is 56.2 Å². The van der Waals surface area contributed by atoms with Crippen molar-refractivity contribution in [1.29, 1.82) is 0 Å². The Morgan fingerprint density at radius 3 is 2.63 bits per heavy atom. The van der Waals surface area contributed by atoms with Gasteiger partial charge in [0, 0.05) is 45.2 Å². The van der Waals surface area contributed by atoms with E-state index in [1.54, 1.807) is 7.11 Å². The van der Waals surface area contributed by atoms with Crippen molar-refractivity contribution in [3.8, 4) is 17.2 Å². The molecule has 3 aromatic rings. The number of hydrogen-bond acceptors (Lipinski definition) is 5. The summed E-state index contributed by atoms with van der Waals surface area (Å²) >= 11 is 0. The number of nitrogens with zero attached hydrogens (tertiary/aromatic N) is 3. The highest BCUT2D eigenvalue weighted by Gasteiger charge is 2.25. The van der Waals surface area contributed by atoms with E-state index in [9.17, 15) is 4.79 Å². The summed E-state index contributed by atoms with van der Waals surface area (Å²) in [6, 6.07) is 13.9. The Kier molecular flexibility index (Phi) is 4.75. The van der Waals surface area contributed by atoms with Crippen LogP contribution in [0.1, 0.15) is 16.1 Å². The zero-order chi connectivity index (χ0) is 20.7. The fourth-order valence-corrected chi connectivity index (χ4v) is 4.29. The third-order valence-electron chi connectivity index (χ3n) is 5.99. The van der Waals surface area contributed by atoms with Gasteiger partial charge >= 0.3 is 0 Å². The summed E-state index contributed by atoms with van der Waals surface area (Å²) < 4.78 is 18.3. The summed E-state index contributed by atoms with van der Waals surface area (Å²) in [5.41, 5.74) is 2.89. The van der Waals surface area contributed by atoms with Gasteiger partial charge in [-0.2, -0.15) is 0 Å². The lowest BCUT2D eigenvalue weighted by Gasteiger charge is -2.34. The number of fused-ring (bicyclic) bond motifs is 2. The van der Waals surface area contributed by atoms with Crippen LogP contribution in [-0.2, 0) is 13.6 Å². The first kappa shape index (κ1) is 18.8. The van der Waals surface area contributed by atoms with Crippen LogP contribution < -0.4 is 14.2 Å². The van der Waals surface area contributed by atoms with E-state index in [-0.39, 0.29) is 5.91 Å². The largest absolute Gasteiger partial charge is 0.496 e. The molecule has 0 saturated carbocycles. The lowest BCUT2D eigenvalue weighted by Crippen LogP contribution is -2.48. The predicted molar refractivity (Wildman–Crippen MR) is 113 cm³/mol. The molecule has 0 radical (unpaired) electrons. The molecular weight excluding hydrogens is 382 g/mol. The van der Waals surface area contributed by atoms with Crippen LogP contribution in [0.2, 0.25) is 0 Å². The molecule has 0 aliphatic carbocycles. The summed E-state index contributed by atoms with van der Waals surface area (Å²) in [5, 5.41) is 0.965. The van der Waals surface area contributed by atoms with Crippen LogP contribution in [0.25, 0.3) is 10.9 Å². The monoisotopic (exact) mass is 407 g/mol. The van der Waals surface area contributed by atoms with Gasteiger partial charge in [0.2, 0.25) is 6.79 Å². The number of ether oxygens (including phenoxy) is 3. The molecule has 7 heteroatoms. The van der Waals surface area contributed by atoms with E-state index >= 15 is 0 Å². The van der Waals surface area contributed by atoms with Gasteiger partial charge in [-0.3, -0.25) is 9.69 Å². The molecule has 2 aromatic carbocycles. The van der Waals surface area contributed by atoms with E-state index in [1.807, 2.05) is 52.9 Å². The third-order valence-corrected chi connectivity index (χ3v) is 5.99. The standard InChI is InChI=1S/C23H25N3O4/c1-24-18-4-3-5-20(28-2)17(18)13-19(24)23(27)26-10-8-25(9-11-26)14-16-6-7-21-22(12-16)30-15-29-21/h3-7,12-13H,8-11,14-15H2,1-2H3. The fourth-order valence-electron chi connectivity index (χ4n) is 4.29. The van der Waals surface area contributed by atoms with Crippen LogP contribution in [0.15, 0.2) is 42.5 Å². The molecule has 1 fully saturated rings. The van der Waals surface area contributed by atoms with E-state index in [1.165, 1.54) is 5.56 Å². The molecule has 156 valence electrons. The highest BCUT2D eigenvalue weighted by Crippen LogP contribution is 2.33. The van der Waals surface area contributed by atoms with Crippen molar-refractivity contribution in [1.82, 2.24) is 14.4 Å². The van der Waals surface area contributed by atoms with Crippen molar-refractivity contribution in [2.24, 2.45) is 7.05 Å². The zero-order valence-corrected chi connectivity index (χ0v) is 17.3. The molecule has 2 aliphatic rings. The number of methoxy groups -OCH3 is 1. The second-order valence-corrected chi connectivity index (χ2v) is 7.74. The van der Waals surface area contributed by atoms with Gasteiger partial charge in [-0.1, -0.05) is 12.1 Å². The van der Waals surface area contributed by atoms with Crippen molar-refractivity contribution in [2.45, 2.75) is 6.54 Å². The van der Waals surface area contributed by atoms with Gasteiger partial charge in [-0.15, -0.1) is 0 Å². The molecule has 0 bridgehead atoms. The number of rotatable bonds is 4. The lowest BCUT2D eigenvalue weighted by molar-refractivity contribution is 0.0619. The normalized spacial score (nSPS) is 16.3. The molecule has 0 atom stereocenters. The Labute approximate surface area is 175 Å². The molecule has 0 spiro atoms. The van der Waals surface area contributed by atoms with E-state index in [2.05, 4.69) is 11.0 Å². The van der Waals surface area contributed by atoms with Gasteiger partial charge < -0.3 is 23.7 Å². The van der Waals surface area contributed by atoms with E-state index in [0.29, 0.717) is 25.6 Å². The Bertz CT molecular complexity index is 1100. The van der Waals surface area contributed by atoms with Crippen LogP contribution in [0.3, 0.4) is 0 Å². The number of benzene rings is 2. The third kappa shape index (κ3) is 3.25. The van der Waals surface area contributed by atoms with Gasteiger partial charge in [0.15, 0.2) is 11.5 Å². The molecule has 5 rings (SSSR count). The van der Waals surface area contributed by atoms with Crippen LogP contribution in [0.5, 0.6) is 17.2 Å². The number of carbonyl (C=O) groups excluding carboxylic acids is 1. The summed E-state index contributed by atoms with van der Waals surface area (Å²) in [6.07, 6.45) is 0. The number of amides is 1. The number of hydrogen-bond donors (Lipinski definition) is 0. The second-order valence-electron chi connectivity index (χ2n) is 7.74. The first-order valence-electron chi connectivity index (χ1n) is 10.2. The van der Waals surface area contributed by atoms with E-state index in [4.69, 9.17) is 14.2 Å². The second kappa shape index (κ2) is 7.57. The number of aryl methyl sites for hydroxylation is 1. The molecular formula is C23H25N3O4. The highest BCUT2D eigenvalue weighted by atomic mass is 16.7. The predicted octanol–water partition coefficient (Wildman–Crippen LogP) is 2.87. The minimum Gasteiger partial charge on any atom is -0.496 e. The van der Waals surface area contributed by atoms with Crippen molar-refractivity contribution in [3.05, 3.63) is 53.7 Å². The average molecular weight is 407 g/mol. The summed E-state index contributed by atoms with van der Waals surface area (Å²) in [4.78, 5) is 17.5. The lowest BCUT2D eigenvalue weighted by atomic mass is 10.1. The quantitative estimate of drug-likeness (QED) is 0.666. The molecule has 30 heavy (non-hydrogen) atoms. The maximum Gasteiger partial charge on any atom is 0.270 e. The number of aromatic nitrogens is 1. The summed E-state index contributed by atoms with van der Waals surface area (Å²) in [6.45, 7) is 4.23. The smallest absolute Gasteiger partial charge is 0.270 e. The van der Waals surface area contributed by atoms with E-state index in [0.717, 1.165) is 47.8 Å². The Morgan fingerprint density at radius 2 is 1.83 bits per heavy atom. The molecule has 1 amide bonds. The minimum absolute atomic E-state index is 0.0680. The molecule has 2 aliphatic heterocycles. The van der Waals surface area contributed by atoms with Crippen molar-refractivity contribution < 1.29 is 19.0 Å². The van der Waals surface area contributed by atoms with Crippen LogP contribution >= 0.6 is 0 Å². The van der Waals surface area contributed by atoms with Crippen molar-refractivity contribution >= 4 is 16.8 Å². The van der Waals surface area contributed by atoms with Gasteiger partial charge in [-0.25, -0.2) is 0 Å². The van der Waals surface area contributed by atoms with Crippen LogP contribution in [0, 0.1) is 0 Å². The summed E-state index contributed by atoms with van der Waals surface area (Å²) in [5.74, 6) is 2.47.